The Morgan fingerprint density at radius 1 is 1.16 bits per heavy atom. The van der Waals surface area contributed by atoms with Gasteiger partial charge in [0.1, 0.15) is 0 Å². The number of benzene rings is 1. The maximum Gasteiger partial charge on any atom is 0.0910 e. The van der Waals surface area contributed by atoms with Gasteiger partial charge in [0.25, 0.3) is 0 Å². The average molecular weight is 359 g/mol. The molecule has 1 aliphatic rings. The minimum atomic E-state index is -0.143. The maximum absolute atomic E-state index is 5.98. The summed E-state index contributed by atoms with van der Waals surface area (Å²) in [5, 5.41) is 0. The van der Waals surface area contributed by atoms with E-state index in [9.17, 15) is 0 Å². The molecule has 2 atom stereocenters. The van der Waals surface area contributed by atoms with Crippen LogP contribution < -0.4 is 0 Å². The molecule has 1 fully saturated rings. The van der Waals surface area contributed by atoms with Crippen LogP contribution in [0.25, 0.3) is 0 Å². The van der Waals surface area contributed by atoms with E-state index in [2.05, 4.69) is 84.3 Å². The molecule has 1 saturated carbocycles. The van der Waals surface area contributed by atoms with Gasteiger partial charge in [0.2, 0.25) is 0 Å². The number of halogens is 1. The predicted octanol–water partition coefficient (Wildman–Crippen LogP) is 5.52. The van der Waals surface area contributed by atoms with Crippen LogP contribution in [-0.4, -0.2) is 12.1 Å². The van der Waals surface area contributed by atoms with Crippen LogP contribution >= 0.6 is 39.3 Å². The lowest BCUT2D eigenvalue weighted by Gasteiger charge is -2.19. The van der Waals surface area contributed by atoms with Gasteiger partial charge in [-0.1, -0.05) is 74.8 Å². The molecule has 19 heavy (non-hydrogen) atoms. The van der Waals surface area contributed by atoms with E-state index in [4.69, 9.17) is 7.85 Å². The second-order valence-electron chi connectivity index (χ2n) is 5.56. The molecule has 0 bridgehead atoms. The van der Waals surface area contributed by atoms with Crippen LogP contribution in [0.4, 0.5) is 0 Å². The Labute approximate surface area is 138 Å². The Kier molecular flexibility index (Phi) is 8.24. The van der Waals surface area contributed by atoms with Gasteiger partial charge >= 0.3 is 0 Å². The lowest BCUT2D eigenvalue weighted by atomic mass is 9.86. The molecule has 0 aliphatic heterocycles. The van der Waals surface area contributed by atoms with Crippen molar-refractivity contribution < 1.29 is 0 Å². The first kappa shape index (κ1) is 19.5. The van der Waals surface area contributed by atoms with E-state index < -0.39 is 0 Å². The lowest BCUT2D eigenvalue weighted by Crippen LogP contribution is -2.10. The highest BCUT2D eigenvalue weighted by atomic mass is 79.9. The minimum absolute atomic E-state index is 0.143. The van der Waals surface area contributed by atoms with Gasteiger partial charge in [-0.15, -0.1) is 23.3 Å². The molecule has 1 aromatic carbocycles. The fraction of sp³-hybridized carbons (Fsp3) is 0.600. The summed E-state index contributed by atoms with van der Waals surface area (Å²) >= 11 is 9.97. The lowest BCUT2D eigenvalue weighted by molar-refractivity contribution is 0.590. The first-order valence-electron chi connectivity index (χ1n) is 6.59. The van der Waals surface area contributed by atoms with Crippen molar-refractivity contribution in [2.24, 2.45) is 0 Å². The molecule has 0 amide bonds. The largest absolute Gasteiger partial charge is 0.115 e. The topological polar surface area (TPSA) is 0 Å². The number of hydrogen-bond acceptors (Lipinski definition) is 2. The smallest absolute Gasteiger partial charge is 0.0910 e. The van der Waals surface area contributed by atoms with E-state index in [1.807, 2.05) is 13.8 Å². The van der Waals surface area contributed by atoms with E-state index >= 15 is 0 Å². The molecule has 4 heteroatoms. The highest BCUT2D eigenvalue weighted by molar-refractivity contribution is 9.10. The number of thiol groups is 2. The van der Waals surface area contributed by atoms with Crippen LogP contribution in [-0.2, 0) is 5.41 Å². The summed E-state index contributed by atoms with van der Waals surface area (Å²) < 4.78 is -0.143. The fourth-order valence-electron chi connectivity index (χ4n) is 1.86. The van der Waals surface area contributed by atoms with Crippen LogP contribution in [0, 0.1) is 0 Å². The molecule has 2 radical (unpaired) electrons. The van der Waals surface area contributed by atoms with Crippen LogP contribution in [0.3, 0.4) is 0 Å². The molecule has 0 spiro atoms. The number of rotatable bonds is 1. The third-order valence-corrected chi connectivity index (χ3v) is 3.99. The molecule has 0 heterocycles. The zero-order valence-corrected chi connectivity index (χ0v) is 15.8. The SMILES string of the molecule is CC.SS.[B]C1(Br)C[C@@H]1c1ccc(C(C)(C)C)cc1. The Hall–Kier alpha value is 0.465. The summed E-state index contributed by atoms with van der Waals surface area (Å²) in [4.78, 5) is 0. The van der Waals surface area contributed by atoms with Crippen molar-refractivity contribution in [3.8, 4) is 0 Å². The normalized spacial score (nSPS) is 24.5. The summed E-state index contributed by atoms with van der Waals surface area (Å²) in [5.41, 5.74) is 2.96. The second-order valence-corrected chi connectivity index (χ2v) is 7.03. The molecular weight excluding hydrogens is 335 g/mol. The second kappa shape index (κ2) is 8.04. The fourth-order valence-corrected chi connectivity index (χ4v) is 2.45. The molecule has 1 aromatic rings. The summed E-state index contributed by atoms with van der Waals surface area (Å²) in [7, 11) is 5.98. The molecule has 2 rings (SSSR count). The van der Waals surface area contributed by atoms with Crippen molar-refractivity contribution in [2.45, 2.75) is 56.6 Å². The van der Waals surface area contributed by atoms with Crippen molar-refractivity contribution in [2.75, 3.05) is 0 Å². The highest BCUT2D eigenvalue weighted by Gasteiger charge is 2.47. The summed E-state index contributed by atoms with van der Waals surface area (Å²) in [6, 6.07) is 8.86. The Balaban J connectivity index is 0.000000741. The van der Waals surface area contributed by atoms with E-state index in [0.29, 0.717) is 5.92 Å². The third-order valence-electron chi connectivity index (χ3n) is 3.12. The molecule has 0 saturated heterocycles. The predicted molar refractivity (Wildman–Crippen MR) is 99.2 cm³/mol. The first-order valence-corrected chi connectivity index (χ1v) is 8.98. The average Bonchev–Trinajstić information content (AvgIpc) is 3.03. The Morgan fingerprint density at radius 3 is 1.79 bits per heavy atom. The zero-order chi connectivity index (χ0) is 15.3. The van der Waals surface area contributed by atoms with Gasteiger partial charge in [-0.3, -0.25) is 0 Å². The molecule has 106 valence electrons. The molecule has 0 N–H and O–H groups in total. The van der Waals surface area contributed by atoms with Crippen LogP contribution in [0.2, 0.25) is 0 Å². The van der Waals surface area contributed by atoms with Gasteiger partial charge in [-0.05, 0) is 33.1 Å². The molecular formula is C15H24BBrS2. The maximum atomic E-state index is 5.98. The van der Waals surface area contributed by atoms with E-state index in [1.165, 1.54) is 11.1 Å². The van der Waals surface area contributed by atoms with Crippen molar-refractivity contribution in [3.05, 3.63) is 35.4 Å². The molecule has 1 unspecified atom stereocenters. The standard InChI is InChI=1S/C13H16BBr.C2H6.H2S2/c1-12(2,3)10-6-4-9(5-7-10)11-8-13(11,14)15;2*1-2/h4-7,11H,8H2,1-3H3;1-2H3;1-2H/t11-,13?;;/m1../s1. The van der Waals surface area contributed by atoms with Gasteiger partial charge in [0.15, 0.2) is 0 Å². The van der Waals surface area contributed by atoms with Gasteiger partial charge in [-0.25, -0.2) is 0 Å². The van der Waals surface area contributed by atoms with Gasteiger partial charge < -0.3 is 0 Å². The van der Waals surface area contributed by atoms with E-state index in [0.717, 1.165) is 6.42 Å². The van der Waals surface area contributed by atoms with E-state index in [1.54, 1.807) is 0 Å². The van der Waals surface area contributed by atoms with Crippen molar-refractivity contribution in [3.63, 3.8) is 0 Å². The Bertz CT molecular complexity index is 369. The van der Waals surface area contributed by atoms with Crippen LogP contribution in [0.15, 0.2) is 24.3 Å². The highest BCUT2D eigenvalue weighted by Crippen LogP contribution is 2.55. The van der Waals surface area contributed by atoms with Crippen LogP contribution in [0.1, 0.15) is 58.1 Å². The molecule has 0 nitrogen and oxygen atoms in total. The minimum Gasteiger partial charge on any atom is -0.115 e. The van der Waals surface area contributed by atoms with Gasteiger partial charge in [0.05, 0.1) is 7.85 Å². The molecule has 1 aliphatic carbocycles. The van der Waals surface area contributed by atoms with Crippen LogP contribution in [0.5, 0.6) is 0 Å². The first-order chi connectivity index (χ1) is 8.81. The number of alkyl halides is 1. The quantitative estimate of drug-likeness (QED) is 0.281. The summed E-state index contributed by atoms with van der Waals surface area (Å²) in [6.07, 6.45) is 1.04. The third kappa shape index (κ3) is 5.77. The Morgan fingerprint density at radius 2 is 1.53 bits per heavy atom. The summed E-state index contributed by atoms with van der Waals surface area (Å²) in [5.74, 6) is 0.492. The zero-order valence-electron chi connectivity index (χ0n) is 12.4. The van der Waals surface area contributed by atoms with Gasteiger partial charge in [0, 0.05) is 0 Å². The van der Waals surface area contributed by atoms with E-state index in [-0.39, 0.29) is 9.64 Å². The van der Waals surface area contributed by atoms with Crippen molar-refractivity contribution >= 4 is 47.1 Å². The van der Waals surface area contributed by atoms with Crippen molar-refractivity contribution in [1.82, 2.24) is 0 Å². The van der Waals surface area contributed by atoms with Crippen molar-refractivity contribution in [1.29, 1.82) is 0 Å². The molecule has 0 aromatic heterocycles. The number of hydrogen-bond donors (Lipinski definition) is 2. The monoisotopic (exact) mass is 358 g/mol. The summed E-state index contributed by atoms with van der Waals surface area (Å²) in [6.45, 7) is 10.7. The van der Waals surface area contributed by atoms with Gasteiger partial charge in [-0.2, -0.15) is 0 Å².